The van der Waals surface area contributed by atoms with E-state index in [1.165, 1.54) is 11.8 Å². The van der Waals surface area contributed by atoms with Crippen molar-refractivity contribution in [1.29, 1.82) is 0 Å². The zero-order valence-electron chi connectivity index (χ0n) is 16.2. The van der Waals surface area contributed by atoms with Crippen LogP contribution in [0, 0.1) is 0 Å². The molecule has 0 atom stereocenters. The maximum Gasteiger partial charge on any atom is 0.250 e. The number of halogens is 1. The Labute approximate surface area is 178 Å². The molecule has 0 aliphatic carbocycles. The summed E-state index contributed by atoms with van der Waals surface area (Å²) in [7, 11) is 3.46. The van der Waals surface area contributed by atoms with Crippen LogP contribution in [0.5, 0.6) is 5.75 Å². The van der Waals surface area contributed by atoms with Crippen molar-refractivity contribution in [3.05, 3.63) is 59.1 Å². The molecule has 1 heterocycles. The van der Waals surface area contributed by atoms with Crippen LogP contribution in [-0.4, -0.2) is 39.2 Å². The van der Waals surface area contributed by atoms with Crippen LogP contribution in [0.3, 0.4) is 0 Å². The van der Waals surface area contributed by atoms with Crippen molar-refractivity contribution >= 4 is 35.0 Å². The van der Waals surface area contributed by atoms with Crippen LogP contribution >= 0.6 is 23.4 Å². The smallest absolute Gasteiger partial charge is 0.250 e. The molecule has 9 heteroatoms. The highest BCUT2D eigenvalue weighted by molar-refractivity contribution is 7.99. The van der Waals surface area contributed by atoms with Crippen molar-refractivity contribution in [2.45, 2.75) is 12.1 Å². The van der Waals surface area contributed by atoms with Gasteiger partial charge in [0.05, 0.1) is 18.6 Å². The van der Waals surface area contributed by atoms with E-state index in [-0.39, 0.29) is 11.7 Å². The Balaban J connectivity index is 1.58. The Bertz CT molecular complexity index is 1030. The average molecular weight is 430 g/mol. The normalized spacial score (nSPS) is 11.4. The van der Waals surface area contributed by atoms with Crippen molar-refractivity contribution in [3.63, 3.8) is 0 Å². The molecule has 3 aromatic rings. The molecule has 0 aliphatic heterocycles. The van der Waals surface area contributed by atoms with E-state index < -0.39 is 0 Å². The summed E-state index contributed by atoms with van der Waals surface area (Å²) >= 11 is 7.33. The van der Waals surface area contributed by atoms with Crippen LogP contribution in [0.2, 0.25) is 5.02 Å². The van der Waals surface area contributed by atoms with Gasteiger partial charge in [0.15, 0.2) is 11.0 Å². The first-order chi connectivity index (χ1) is 14.0. The Morgan fingerprint density at radius 3 is 2.69 bits per heavy atom. The van der Waals surface area contributed by atoms with Gasteiger partial charge in [-0.3, -0.25) is 4.79 Å². The number of ether oxygens (including phenoxy) is 1. The van der Waals surface area contributed by atoms with Crippen molar-refractivity contribution < 1.29 is 9.53 Å². The highest BCUT2D eigenvalue weighted by Crippen LogP contribution is 2.24. The Morgan fingerprint density at radius 1 is 1.24 bits per heavy atom. The summed E-state index contributed by atoms with van der Waals surface area (Å²) in [4.78, 5) is 12.2. The standard InChI is InChI=1S/C20H20ClN5O2S/c1-13(14-7-9-17(28-3)10-8-14)22-23-18(27)12-29-20-25-24-19(26(20)2)15-5-4-6-16(21)11-15/h4-11H,12H2,1-3H3,(H,23,27). The number of methoxy groups -OCH3 is 1. The number of hydrogen-bond donors (Lipinski definition) is 1. The molecular weight excluding hydrogens is 410 g/mol. The minimum absolute atomic E-state index is 0.168. The summed E-state index contributed by atoms with van der Waals surface area (Å²) < 4.78 is 6.96. The number of nitrogens with one attached hydrogen (secondary N) is 1. The van der Waals surface area contributed by atoms with E-state index in [1.807, 2.05) is 61.0 Å². The molecule has 0 spiro atoms. The van der Waals surface area contributed by atoms with E-state index >= 15 is 0 Å². The van der Waals surface area contributed by atoms with Gasteiger partial charge in [-0.15, -0.1) is 10.2 Å². The summed E-state index contributed by atoms with van der Waals surface area (Å²) in [6.07, 6.45) is 0. The van der Waals surface area contributed by atoms with E-state index in [0.717, 1.165) is 16.9 Å². The molecule has 0 unspecified atom stereocenters. The molecule has 0 fully saturated rings. The first kappa shape index (κ1) is 20.9. The van der Waals surface area contributed by atoms with Gasteiger partial charge in [-0.1, -0.05) is 35.5 Å². The quantitative estimate of drug-likeness (QED) is 0.351. The second kappa shape index (κ2) is 9.58. The lowest BCUT2D eigenvalue weighted by molar-refractivity contribution is -0.118. The summed E-state index contributed by atoms with van der Waals surface area (Å²) in [5, 5.41) is 13.8. The lowest BCUT2D eigenvalue weighted by Gasteiger charge is -2.05. The maximum absolute atomic E-state index is 12.2. The zero-order valence-corrected chi connectivity index (χ0v) is 17.8. The van der Waals surface area contributed by atoms with Gasteiger partial charge < -0.3 is 9.30 Å². The van der Waals surface area contributed by atoms with Gasteiger partial charge in [0, 0.05) is 17.6 Å². The van der Waals surface area contributed by atoms with Crippen molar-refractivity contribution in [1.82, 2.24) is 20.2 Å². The molecular formula is C20H20ClN5O2S. The molecule has 29 heavy (non-hydrogen) atoms. The summed E-state index contributed by atoms with van der Waals surface area (Å²) in [6.45, 7) is 1.83. The minimum atomic E-state index is -0.227. The van der Waals surface area contributed by atoms with E-state index in [4.69, 9.17) is 16.3 Å². The topological polar surface area (TPSA) is 81.4 Å². The van der Waals surface area contributed by atoms with E-state index in [2.05, 4.69) is 20.7 Å². The number of carbonyl (C=O) groups is 1. The molecule has 7 nitrogen and oxygen atoms in total. The monoisotopic (exact) mass is 429 g/mol. The number of benzene rings is 2. The van der Waals surface area contributed by atoms with E-state index in [9.17, 15) is 4.79 Å². The predicted molar refractivity (Wildman–Crippen MR) is 116 cm³/mol. The molecule has 0 saturated carbocycles. The fraction of sp³-hybridized carbons (Fsp3) is 0.200. The van der Waals surface area contributed by atoms with Crippen LogP contribution < -0.4 is 10.2 Å². The van der Waals surface area contributed by atoms with Crippen molar-refractivity contribution in [2.24, 2.45) is 12.1 Å². The van der Waals surface area contributed by atoms with Gasteiger partial charge in [0.1, 0.15) is 5.75 Å². The van der Waals surface area contributed by atoms with Crippen LogP contribution in [0.1, 0.15) is 12.5 Å². The predicted octanol–water partition coefficient (Wildman–Crippen LogP) is 3.78. The van der Waals surface area contributed by atoms with Gasteiger partial charge in [-0.2, -0.15) is 5.10 Å². The third-order valence-corrected chi connectivity index (χ3v) is 5.36. The summed E-state index contributed by atoms with van der Waals surface area (Å²) in [5.74, 6) is 1.39. The summed E-state index contributed by atoms with van der Waals surface area (Å²) in [6, 6.07) is 14.9. The number of hydrazone groups is 1. The zero-order chi connectivity index (χ0) is 20.8. The van der Waals surface area contributed by atoms with Gasteiger partial charge in [-0.25, -0.2) is 5.43 Å². The first-order valence-electron chi connectivity index (χ1n) is 8.73. The molecule has 0 saturated heterocycles. The molecule has 0 radical (unpaired) electrons. The Morgan fingerprint density at radius 2 is 2.00 bits per heavy atom. The first-order valence-corrected chi connectivity index (χ1v) is 10.1. The number of nitrogens with zero attached hydrogens (tertiary/aromatic N) is 4. The van der Waals surface area contributed by atoms with E-state index in [1.54, 1.807) is 13.2 Å². The van der Waals surface area contributed by atoms with Crippen LogP contribution in [0.4, 0.5) is 0 Å². The van der Waals surface area contributed by atoms with Gasteiger partial charge in [-0.05, 0) is 48.9 Å². The molecule has 2 aromatic carbocycles. The van der Waals surface area contributed by atoms with Gasteiger partial charge in [0.2, 0.25) is 0 Å². The third kappa shape index (κ3) is 5.36. The maximum atomic E-state index is 12.2. The number of rotatable bonds is 7. The largest absolute Gasteiger partial charge is 0.497 e. The fourth-order valence-corrected chi connectivity index (χ4v) is 3.42. The molecule has 1 amide bonds. The molecule has 150 valence electrons. The average Bonchev–Trinajstić information content (AvgIpc) is 3.11. The van der Waals surface area contributed by atoms with Crippen LogP contribution in [0.25, 0.3) is 11.4 Å². The lowest BCUT2D eigenvalue weighted by atomic mass is 10.1. The second-order valence-electron chi connectivity index (χ2n) is 6.12. The van der Waals surface area contributed by atoms with Crippen LogP contribution in [-0.2, 0) is 11.8 Å². The molecule has 0 aliphatic rings. The molecule has 1 N–H and O–H groups in total. The third-order valence-electron chi connectivity index (χ3n) is 4.11. The fourth-order valence-electron chi connectivity index (χ4n) is 2.52. The number of aromatic nitrogens is 3. The minimum Gasteiger partial charge on any atom is -0.497 e. The Hall–Kier alpha value is -2.84. The summed E-state index contributed by atoms with van der Waals surface area (Å²) in [5.41, 5.74) is 5.03. The highest BCUT2D eigenvalue weighted by atomic mass is 35.5. The van der Waals surface area contributed by atoms with Gasteiger partial charge >= 0.3 is 0 Å². The second-order valence-corrected chi connectivity index (χ2v) is 7.50. The van der Waals surface area contributed by atoms with Crippen molar-refractivity contribution in [3.8, 4) is 17.1 Å². The number of amides is 1. The van der Waals surface area contributed by atoms with Crippen molar-refractivity contribution in [2.75, 3.05) is 12.9 Å². The SMILES string of the molecule is COc1ccc(C(C)=NNC(=O)CSc2nnc(-c3cccc(Cl)c3)n2C)cc1. The number of thioether (sulfide) groups is 1. The highest BCUT2D eigenvalue weighted by Gasteiger charge is 2.13. The Kier molecular flexibility index (Phi) is 6.90. The lowest BCUT2D eigenvalue weighted by Crippen LogP contribution is -2.21. The van der Waals surface area contributed by atoms with Crippen LogP contribution in [0.15, 0.2) is 58.8 Å². The number of hydrogen-bond acceptors (Lipinski definition) is 6. The number of carbonyl (C=O) groups excluding carboxylic acids is 1. The molecule has 3 rings (SSSR count). The molecule has 0 bridgehead atoms. The molecule has 1 aromatic heterocycles. The van der Waals surface area contributed by atoms with Gasteiger partial charge in [0.25, 0.3) is 5.91 Å². The van der Waals surface area contributed by atoms with E-state index in [0.29, 0.717) is 21.7 Å².